The molecule has 1 N–H and O–H groups in total. The fourth-order valence-electron chi connectivity index (χ4n) is 2.33. The molecule has 2 aromatic carbocycles. The molecule has 0 bridgehead atoms. The Labute approximate surface area is 165 Å². The van der Waals surface area contributed by atoms with Crippen molar-refractivity contribution < 1.29 is 19.1 Å². The van der Waals surface area contributed by atoms with E-state index in [0.717, 1.165) is 15.6 Å². The van der Waals surface area contributed by atoms with Gasteiger partial charge in [-0.3, -0.25) is 4.79 Å². The lowest BCUT2D eigenvalue weighted by Gasteiger charge is -2.17. The second kappa shape index (κ2) is 10.3. The minimum Gasteiger partial charge on any atom is -0.467 e. The van der Waals surface area contributed by atoms with Gasteiger partial charge in [-0.1, -0.05) is 57.9 Å². The van der Waals surface area contributed by atoms with Gasteiger partial charge in [0.25, 0.3) is 0 Å². The lowest BCUT2D eigenvalue weighted by molar-refractivity contribution is -0.145. The Morgan fingerprint density at radius 3 is 2.62 bits per heavy atom. The molecule has 1 amide bonds. The highest BCUT2D eigenvalue weighted by Crippen LogP contribution is 2.22. The van der Waals surface area contributed by atoms with Gasteiger partial charge in [-0.25, -0.2) is 4.79 Å². The van der Waals surface area contributed by atoms with Crippen LogP contribution in [0, 0.1) is 0 Å². The van der Waals surface area contributed by atoms with Gasteiger partial charge in [-0.2, -0.15) is 0 Å². The molecule has 0 saturated carbocycles. The third-order valence-corrected chi connectivity index (χ3v) is 4.61. The first-order chi connectivity index (χ1) is 12.5. The number of esters is 1. The Kier molecular flexibility index (Phi) is 8.09. The van der Waals surface area contributed by atoms with E-state index in [2.05, 4.69) is 21.2 Å². The van der Waals surface area contributed by atoms with E-state index in [0.29, 0.717) is 11.6 Å². The zero-order valence-electron chi connectivity index (χ0n) is 14.2. The third kappa shape index (κ3) is 6.44. The number of hydrogen-bond acceptors (Lipinski definition) is 4. The number of amides is 1. The number of benzene rings is 2. The molecule has 0 aromatic heterocycles. The Hall–Kier alpha value is -1.89. The number of carbonyl (C=O) groups excluding carboxylic acids is 2. The SMILES string of the molecule is COC(=O)[C@H](Cc1cc(Cl)ccc1Br)NC(=O)COCc1ccccc1. The van der Waals surface area contributed by atoms with Crippen LogP contribution in [-0.2, 0) is 32.1 Å². The van der Waals surface area contributed by atoms with Gasteiger partial charge in [-0.05, 0) is 29.3 Å². The van der Waals surface area contributed by atoms with Crippen molar-refractivity contribution in [2.45, 2.75) is 19.1 Å². The number of nitrogens with one attached hydrogen (secondary N) is 1. The largest absolute Gasteiger partial charge is 0.467 e. The average molecular weight is 441 g/mol. The molecule has 0 aliphatic heterocycles. The first kappa shape index (κ1) is 20.4. The molecule has 26 heavy (non-hydrogen) atoms. The molecule has 1 atom stereocenters. The summed E-state index contributed by atoms with van der Waals surface area (Å²) in [4.78, 5) is 24.1. The molecule has 0 unspecified atom stereocenters. The van der Waals surface area contributed by atoms with E-state index in [4.69, 9.17) is 21.1 Å². The molecule has 5 nitrogen and oxygen atoms in total. The molecule has 0 aliphatic carbocycles. The summed E-state index contributed by atoms with van der Waals surface area (Å²) < 4.78 is 11.0. The maximum atomic E-state index is 12.1. The standard InChI is InChI=1S/C19H19BrClNO4/c1-25-19(24)17(10-14-9-15(21)7-8-16(14)20)22-18(23)12-26-11-13-5-3-2-4-6-13/h2-9,17H,10-12H2,1H3,(H,22,23)/t17-/m0/s1. The summed E-state index contributed by atoms with van der Waals surface area (Å²) in [5.74, 6) is -0.928. The van der Waals surface area contributed by atoms with E-state index in [1.54, 1.807) is 18.2 Å². The number of hydrogen-bond donors (Lipinski definition) is 1. The summed E-state index contributed by atoms with van der Waals surface area (Å²) in [7, 11) is 1.28. The normalized spacial score (nSPS) is 11.7. The lowest BCUT2D eigenvalue weighted by atomic mass is 10.1. The number of ether oxygens (including phenoxy) is 2. The van der Waals surface area contributed by atoms with Crippen LogP contribution >= 0.6 is 27.5 Å². The zero-order chi connectivity index (χ0) is 18.9. The molecule has 2 rings (SSSR count). The molecular weight excluding hydrogens is 422 g/mol. The molecule has 0 radical (unpaired) electrons. The van der Waals surface area contributed by atoms with Crippen molar-refractivity contribution >= 4 is 39.4 Å². The van der Waals surface area contributed by atoms with Crippen LogP contribution in [0.25, 0.3) is 0 Å². The smallest absolute Gasteiger partial charge is 0.328 e. The van der Waals surface area contributed by atoms with E-state index >= 15 is 0 Å². The van der Waals surface area contributed by atoms with Crippen molar-refractivity contribution in [2.24, 2.45) is 0 Å². The second-order valence-corrected chi connectivity index (χ2v) is 6.85. The number of halogens is 2. The van der Waals surface area contributed by atoms with Crippen LogP contribution < -0.4 is 5.32 Å². The van der Waals surface area contributed by atoms with Gasteiger partial charge in [-0.15, -0.1) is 0 Å². The third-order valence-electron chi connectivity index (χ3n) is 3.60. The zero-order valence-corrected chi connectivity index (χ0v) is 16.5. The molecule has 0 aliphatic rings. The van der Waals surface area contributed by atoms with Gasteiger partial charge in [0.2, 0.25) is 5.91 Å². The highest BCUT2D eigenvalue weighted by atomic mass is 79.9. The van der Waals surface area contributed by atoms with Crippen molar-refractivity contribution in [3.63, 3.8) is 0 Å². The van der Waals surface area contributed by atoms with Crippen molar-refractivity contribution in [3.05, 3.63) is 69.2 Å². The monoisotopic (exact) mass is 439 g/mol. The summed E-state index contributed by atoms with van der Waals surface area (Å²) in [5.41, 5.74) is 1.76. The highest BCUT2D eigenvalue weighted by molar-refractivity contribution is 9.10. The topological polar surface area (TPSA) is 64.6 Å². The summed E-state index contributed by atoms with van der Waals surface area (Å²) >= 11 is 9.42. The predicted molar refractivity (Wildman–Crippen MR) is 103 cm³/mol. The minimum atomic E-state index is -0.831. The van der Waals surface area contributed by atoms with Gasteiger partial charge in [0.1, 0.15) is 12.6 Å². The molecule has 0 fully saturated rings. The first-order valence-electron chi connectivity index (χ1n) is 7.92. The Bertz CT molecular complexity index is 754. The van der Waals surface area contributed by atoms with Crippen LogP contribution in [-0.4, -0.2) is 31.6 Å². The Balaban J connectivity index is 1.93. The number of carbonyl (C=O) groups is 2. The predicted octanol–water partition coefficient (Wildman–Crippen LogP) is 3.52. The van der Waals surface area contributed by atoms with Crippen LogP contribution in [0.1, 0.15) is 11.1 Å². The molecule has 138 valence electrons. The first-order valence-corrected chi connectivity index (χ1v) is 9.09. The van der Waals surface area contributed by atoms with Crippen molar-refractivity contribution in [1.82, 2.24) is 5.32 Å². The second-order valence-electron chi connectivity index (χ2n) is 5.56. The van der Waals surface area contributed by atoms with E-state index in [9.17, 15) is 9.59 Å². The average Bonchev–Trinajstić information content (AvgIpc) is 2.64. The van der Waals surface area contributed by atoms with Crippen LogP contribution in [0.5, 0.6) is 0 Å². The van der Waals surface area contributed by atoms with E-state index < -0.39 is 17.9 Å². The van der Waals surface area contributed by atoms with Crippen molar-refractivity contribution in [2.75, 3.05) is 13.7 Å². The van der Waals surface area contributed by atoms with Crippen molar-refractivity contribution in [1.29, 1.82) is 0 Å². The maximum Gasteiger partial charge on any atom is 0.328 e. The van der Waals surface area contributed by atoms with Crippen LogP contribution in [0.3, 0.4) is 0 Å². The van der Waals surface area contributed by atoms with Crippen LogP contribution in [0.15, 0.2) is 53.0 Å². The Morgan fingerprint density at radius 2 is 1.92 bits per heavy atom. The van der Waals surface area contributed by atoms with E-state index in [-0.39, 0.29) is 13.0 Å². The molecule has 2 aromatic rings. The van der Waals surface area contributed by atoms with E-state index in [1.807, 2.05) is 30.3 Å². The van der Waals surface area contributed by atoms with E-state index in [1.165, 1.54) is 7.11 Å². The van der Waals surface area contributed by atoms with Crippen LogP contribution in [0.2, 0.25) is 5.02 Å². The summed E-state index contributed by atoms with van der Waals surface area (Å²) in [5, 5.41) is 3.19. The highest BCUT2D eigenvalue weighted by Gasteiger charge is 2.23. The van der Waals surface area contributed by atoms with Crippen molar-refractivity contribution in [3.8, 4) is 0 Å². The van der Waals surface area contributed by atoms with Gasteiger partial charge >= 0.3 is 5.97 Å². The summed E-state index contributed by atoms with van der Waals surface area (Å²) in [6.07, 6.45) is 0.248. The summed E-state index contributed by atoms with van der Waals surface area (Å²) in [6.45, 7) is 0.163. The fraction of sp³-hybridized carbons (Fsp3) is 0.263. The fourth-order valence-corrected chi connectivity index (χ4v) is 2.93. The van der Waals surface area contributed by atoms with Gasteiger partial charge in [0.15, 0.2) is 0 Å². The number of methoxy groups -OCH3 is 1. The lowest BCUT2D eigenvalue weighted by Crippen LogP contribution is -2.44. The van der Waals surface area contributed by atoms with Gasteiger partial charge in [0, 0.05) is 15.9 Å². The molecule has 0 saturated heterocycles. The maximum absolute atomic E-state index is 12.1. The van der Waals surface area contributed by atoms with Gasteiger partial charge < -0.3 is 14.8 Å². The molecule has 7 heteroatoms. The minimum absolute atomic E-state index is 0.154. The number of rotatable bonds is 8. The molecule has 0 spiro atoms. The van der Waals surface area contributed by atoms with Crippen LogP contribution in [0.4, 0.5) is 0 Å². The quantitative estimate of drug-likeness (QED) is 0.638. The van der Waals surface area contributed by atoms with Gasteiger partial charge in [0.05, 0.1) is 13.7 Å². The molecule has 0 heterocycles. The molecular formula is C19H19BrClNO4. The Morgan fingerprint density at radius 1 is 1.19 bits per heavy atom. The summed E-state index contributed by atoms with van der Waals surface area (Å²) in [6, 6.07) is 13.9.